The minimum absolute atomic E-state index is 0.0215. The van der Waals surface area contributed by atoms with Gasteiger partial charge in [0.05, 0.1) is 15.5 Å². The quantitative estimate of drug-likeness (QED) is 0.763. The molecule has 0 aliphatic carbocycles. The van der Waals surface area contributed by atoms with E-state index in [4.69, 9.17) is 11.6 Å². The molecule has 1 heterocycles. The smallest absolute Gasteiger partial charge is 0.319 e. The highest BCUT2D eigenvalue weighted by molar-refractivity contribution is 7.89. The number of hydrogen-bond acceptors (Lipinski definition) is 4. The molecular formula is C15H17ClF2N4O3S. The van der Waals surface area contributed by atoms with Crippen molar-refractivity contribution in [1.82, 2.24) is 19.2 Å². The minimum atomic E-state index is -3.72. The van der Waals surface area contributed by atoms with E-state index in [0.717, 1.165) is 10.5 Å². The van der Waals surface area contributed by atoms with Crippen LogP contribution in [0.2, 0.25) is 5.02 Å². The van der Waals surface area contributed by atoms with Crippen molar-refractivity contribution in [2.24, 2.45) is 0 Å². The molecule has 0 fully saturated rings. The van der Waals surface area contributed by atoms with Crippen molar-refractivity contribution in [3.63, 3.8) is 0 Å². The third-order valence-corrected chi connectivity index (χ3v) is 5.70. The highest BCUT2D eigenvalue weighted by atomic mass is 35.5. The van der Waals surface area contributed by atoms with E-state index in [9.17, 15) is 22.0 Å². The predicted octanol–water partition coefficient (Wildman–Crippen LogP) is 2.15. The van der Waals surface area contributed by atoms with Gasteiger partial charge in [-0.2, -0.15) is 8.78 Å². The topological polar surface area (TPSA) is 84.3 Å². The van der Waals surface area contributed by atoms with Gasteiger partial charge in [-0.25, -0.2) is 17.7 Å². The van der Waals surface area contributed by atoms with Crippen LogP contribution in [0.25, 0.3) is 0 Å². The molecule has 1 N–H and O–H groups in total. The average molecular weight is 407 g/mol. The molecule has 0 aliphatic heterocycles. The second-order valence-corrected chi connectivity index (χ2v) is 8.02. The molecule has 1 aromatic carbocycles. The molecule has 11 heteroatoms. The van der Waals surface area contributed by atoms with Crippen molar-refractivity contribution >= 4 is 27.5 Å². The Morgan fingerprint density at radius 1 is 1.38 bits per heavy atom. The molecule has 142 valence electrons. The normalized spacial score (nSPS) is 12.0. The Balaban J connectivity index is 2.11. The fourth-order valence-corrected chi connectivity index (χ4v) is 3.28. The number of benzene rings is 1. The van der Waals surface area contributed by atoms with E-state index in [2.05, 4.69) is 10.3 Å². The SMILES string of the molecule is CN(C)S(=O)(=O)c1ccc(Cl)c(C(=O)NCCc2nccn2C(F)F)c1. The highest BCUT2D eigenvalue weighted by Crippen LogP contribution is 2.22. The Morgan fingerprint density at radius 2 is 2.08 bits per heavy atom. The zero-order valence-corrected chi connectivity index (χ0v) is 15.6. The summed E-state index contributed by atoms with van der Waals surface area (Å²) in [4.78, 5) is 16.0. The van der Waals surface area contributed by atoms with E-state index in [0.29, 0.717) is 4.57 Å². The van der Waals surface area contributed by atoms with Crippen LogP contribution in [0.15, 0.2) is 35.5 Å². The zero-order chi connectivity index (χ0) is 19.5. The van der Waals surface area contributed by atoms with Crippen molar-refractivity contribution in [3.05, 3.63) is 47.0 Å². The van der Waals surface area contributed by atoms with Gasteiger partial charge in [-0.05, 0) is 18.2 Å². The second-order valence-electron chi connectivity index (χ2n) is 5.46. The molecule has 0 bridgehead atoms. The van der Waals surface area contributed by atoms with E-state index in [1.54, 1.807) is 0 Å². The summed E-state index contributed by atoms with van der Waals surface area (Å²) in [5.74, 6) is -0.490. The van der Waals surface area contributed by atoms with Crippen molar-refractivity contribution in [3.8, 4) is 0 Å². The number of sulfonamides is 1. The fraction of sp³-hybridized carbons (Fsp3) is 0.333. The molecule has 0 spiro atoms. The van der Waals surface area contributed by atoms with Gasteiger partial charge in [0.1, 0.15) is 5.82 Å². The molecule has 2 rings (SSSR count). The number of halogens is 3. The summed E-state index contributed by atoms with van der Waals surface area (Å²) in [6.45, 7) is -2.69. The number of imidazole rings is 1. The number of rotatable bonds is 7. The van der Waals surface area contributed by atoms with Crippen LogP contribution in [0.4, 0.5) is 8.78 Å². The Bertz CT molecular complexity index is 900. The Labute approximate surface area is 154 Å². The number of amides is 1. The maximum Gasteiger partial charge on any atom is 0.319 e. The highest BCUT2D eigenvalue weighted by Gasteiger charge is 2.21. The summed E-state index contributed by atoms with van der Waals surface area (Å²) >= 11 is 5.98. The summed E-state index contributed by atoms with van der Waals surface area (Å²) in [5, 5.41) is 2.60. The number of nitrogens with zero attached hydrogens (tertiary/aromatic N) is 3. The number of carbonyl (C=O) groups is 1. The van der Waals surface area contributed by atoms with E-state index in [-0.39, 0.29) is 34.3 Å². The molecule has 7 nitrogen and oxygen atoms in total. The number of carbonyl (C=O) groups excluding carboxylic acids is 1. The number of alkyl halides is 2. The first-order valence-electron chi connectivity index (χ1n) is 7.44. The predicted molar refractivity (Wildman–Crippen MR) is 91.8 cm³/mol. The fourth-order valence-electron chi connectivity index (χ4n) is 2.15. The summed E-state index contributed by atoms with van der Waals surface area (Å²) in [7, 11) is -0.983. The average Bonchev–Trinajstić information content (AvgIpc) is 3.03. The van der Waals surface area contributed by atoms with Gasteiger partial charge in [0, 0.05) is 39.5 Å². The monoisotopic (exact) mass is 406 g/mol. The second kappa shape index (κ2) is 8.11. The van der Waals surface area contributed by atoms with Gasteiger partial charge in [-0.15, -0.1) is 0 Å². The molecule has 2 aromatic rings. The van der Waals surface area contributed by atoms with Gasteiger partial charge in [0.25, 0.3) is 5.91 Å². The van der Waals surface area contributed by atoms with Crippen molar-refractivity contribution in [2.75, 3.05) is 20.6 Å². The first-order chi connectivity index (χ1) is 12.1. The van der Waals surface area contributed by atoms with E-state index >= 15 is 0 Å². The summed E-state index contributed by atoms with van der Waals surface area (Å²) in [6.07, 6.45) is 2.47. The molecule has 1 amide bonds. The molecule has 0 saturated heterocycles. The van der Waals surface area contributed by atoms with Gasteiger partial charge < -0.3 is 5.32 Å². The van der Waals surface area contributed by atoms with Crippen LogP contribution < -0.4 is 5.32 Å². The van der Waals surface area contributed by atoms with Crippen LogP contribution >= 0.6 is 11.6 Å². The summed E-state index contributed by atoms with van der Waals surface area (Å²) < 4.78 is 51.5. The van der Waals surface area contributed by atoms with Crippen LogP contribution in [-0.2, 0) is 16.4 Å². The van der Waals surface area contributed by atoms with Crippen molar-refractivity contribution in [1.29, 1.82) is 0 Å². The number of hydrogen-bond donors (Lipinski definition) is 1. The zero-order valence-electron chi connectivity index (χ0n) is 14.0. The van der Waals surface area contributed by atoms with Crippen LogP contribution in [0.5, 0.6) is 0 Å². The summed E-state index contributed by atoms with van der Waals surface area (Å²) in [6, 6.07) is 3.79. The number of nitrogens with one attached hydrogen (secondary N) is 1. The Morgan fingerprint density at radius 3 is 2.69 bits per heavy atom. The molecular weight excluding hydrogens is 390 g/mol. The molecule has 0 radical (unpaired) electrons. The Kier molecular flexibility index (Phi) is 6.32. The lowest BCUT2D eigenvalue weighted by atomic mass is 10.2. The minimum Gasteiger partial charge on any atom is -0.352 e. The number of aromatic nitrogens is 2. The maximum atomic E-state index is 12.7. The van der Waals surface area contributed by atoms with Gasteiger partial charge >= 0.3 is 6.55 Å². The van der Waals surface area contributed by atoms with Crippen LogP contribution in [-0.4, -0.2) is 48.8 Å². The van der Waals surface area contributed by atoms with E-state index in [1.165, 1.54) is 38.5 Å². The lowest BCUT2D eigenvalue weighted by Gasteiger charge is -2.13. The van der Waals surface area contributed by atoms with Crippen molar-refractivity contribution < 1.29 is 22.0 Å². The largest absolute Gasteiger partial charge is 0.352 e. The maximum absolute atomic E-state index is 12.7. The van der Waals surface area contributed by atoms with Gasteiger partial charge in [-0.1, -0.05) is 11.6 Å². The van der Waals surface area contributed by atoms with E-state index in [1.807, 2.05) is 0 Å². The van der Waals surface area contributed by atoms with Crippen LogP contribution in [0.1, 0.15) is 22.7 Å². The Hall–Kier alpha value is -2.04. The van der Waals surface area contributed by atoms with Crippen LogP contribution in [0.3, 0.4) is 0 Å². The molecule has 0 unspecified atom stereocenters. The first kappa shape index (κ1) is 20.3. The standard InChI is InChI=1S/C15H17ClF2N4O3S/c1-21(2)26(24,25)10-3-4-12(16)11(9-10)14(23)20-6-5-13-19-7-8-22(13)15(17)18/h3-4,7-9,15H,5-6H2,1-2H3,(H,20,23). The molecule has 0 aliphatic rings. The molecule has 0 saturated carbocycles. The van der Waals surface area contributed by atoms with Crippen molar-refractivity contribution in [2.45, 2.75) is 17.9 Å². The molecule has 1 aromatic heterocycles. The van der Waals surface area contributed by atoms with Gasteiger partial charge in [-0.3, -0.25) is 9.36 Å². The first-order valence-corrected chi connectivity index (χ1v) is 9.26. The van der Waals surface area contributed by atoms with Crippen LogP contribution in [0, 0.1) is 0 Å². The third-order valence-electron chi connectivity index (χ3n) is 3.55. The molecule has 0 atom stereocenters. The summed E-state index contributed by atoms with van der Waals surface area (Å²) in [5.41, 5.74) is -0.0215. The molecule has 26 heavy (non-hydrogen) atoms. The van der Waals surface area contributed by atoms with E-state index < -0.39 is 22.5 Å². The lowest BCUT2D eigenvalue weighted by molar-refractivity contribution is 0.0670. The van der Waals surface area contributed by atoms with Gasteiger partial charge in [0.2, 0.25) is 10.0 Å². The van der Waals surface area contributed by atoms with Gasteiger partial charge in [0.15, 0.2) is 0 Å². The third kappa shape index (κ3) is 4.37. The lowest BCUT2D eigenvalue weighted by Crippen LogP contribution is -2.27.